The fraction of sp³-hybridized carbons (Fsp3) is 0.0714. The first-order valence-corrected chi connectivity index (χ1v) is 5.99. The summed E-state index contributed by atoms with van der Waals surface area (Å²) in [7, 11) is 1.50. The molecule has 5 heteroatoms. The van der Waals surface area contributed by atoms with E-state index in [2.05, 4.69) is 5.32 Å². The fourth-order valence-electron chi connectivity index (χ4n) is 1.62. The van der Waals surface area contributed by atoms with Crippen LogP contribution in [0.4, 0.5) is 11.4 Å². The molecule has 0 heterocycles. The van der Waals surface area contributed by atoms with E-state index in [1.807, 2.05) is 6.07 Å². The SMILES string of the molecule is COc1cc(N)c(NC(=O)c2ccccc2)cc1Cl. The first-order chi connectivity index (χ1) is 9.11. The Labute approximate surface area is 116 Å². The lowest BCUT2D eigenvalue weighted by Crippen LogP contribution is -2.13. The van der Waals surface area contributed by atoms with Crippen LogP contribution in [0.1, 0.15) is 10.4 Å². The molecule has 1 amide bonds. The Bertz CT molecular complexity index is 600. The van der Waals surface area contributed by atoms with Crippen LogP contribution in [0.15, 0.2) is 42.5 Å². The smallest absolute Gasteiger partial charge is 0.255 e. The van der Waals surface area contributed by atoms with Crippen LogP contribution in [0.2, 0.25) is 5.02 Å². The van der Waals surface area contributed by atoms with E-state index in [9.17, 15) is 4.79 Å². The molecule has 0 spiro atoms. The predicted octanol–water partition coefficient (Wildman–Crippen LogP) is 3.18. The Morgan fingerprint density at radius 3 is 2.58 bits per heavy atom. The van der Waals surface area contributed by atoms with Crippen LogP contribution in [0, 0.1) is 0 Å². The second-order valence-electron chi connectivity index (χ2n) is 3.89. The van der Waals surface area contributed by atoms with Crippen molar-refractivity contribution in [3.8, 4) is 5.75 Å². The quantitative estimate of drug-likeness (QED) is 0.846. The van der Waals surface area contributed by atoms with Crippen LogP contribution >= 0.6 is 11.6 Å². The summed E-state index contributed by atoms with van der Waals surface area (Å²) in [5.41, 5.74) is 7.24. The second kappa shape index (κ2) is 5.63. The van der Waals surface area contributed by atoms with Crippen molar-refractivity contribution in [1.29, 1.82) is 0 Å². The highest BCUT2D eigenvalue weighted by molar-refractivity contribution is 6.32. The van der Waals surface area contributed by atoms with Crippen LogP contribution in [0.25, 0.3) is 0 Å². The standard InChI is InChI=1S/C14H13ClN2O2/c1-19-13-8-11(16)12(7-10(13)15)17-14(18)9-5-3-2-4-6-9/h2-8H,16H2,1H3,(H,17,18). The first kappa shape index (κ1) is 13.2. The van der Waals surface area contributed by atoms with Gasteiger partial charge in [-0.1, -0.05) is 29.8 Å². The average Bonchev–Trinajstić information content (AvgIpc) is 2.43. The van der Waals surface area contributed by atoms with Crippen molar-refractivity contribution in [2.24, 2.45) is 0 Å². The largest absolute Gasteiger partial charge is 0.495 e. The Hall–Kier alpha value is -2.20. The molecular formula is C14H13ClN2O2. The average molecular weight is 277 g/mol. The summed E-state index contributed by atoms with van der Waals surface area (Å²) in [6.45, 7) is 0. The number of anilines is 2. The molecule has 0 unspecified atom stereocenters. The maximum absolute atomic E-state index is 12.0. The number of halogens is 1. The maximum Gasteiger partial charge on any atom is 0.255 e. The molecule has 0 atom stereocenters. The van der Waals surface area contributed by atoms with Crippen LogP contribution < -0.4 is 15.8 Å². The maximum atomic E-state index is 12.0. The van der Waals surface area contributed by atoms with Crippen LogP contribution in [0.3, 0.4) is 0 Å². The Morgan fingerprint density at radius 2 is 1.95 bits per heavy atom. The van der Waals surface area contributed by atoms with Gasteiger partial charge >= 0.3 is 0 Å². The monoisotopic (exact) mass is 276 g/mol. The van der Waals surface area contributed by atoms with E-state index in [4.69, 9.17) is 22.1 Å². The van der Waals surface area contributed by atoms with Crippen molar-refractivity contribution < 1.29 is 9.53 Å². The summed E-state index contributed by atoms with van der Waals surface area (Å²) >= 11 is 6.00. The third kappa shape index (κ3) is 2.98. The molecule has 2 aromatic carbocycles. The number of carbonyl (C=O) groups excluding carboxylic acids is 1. The number of nitrogens with one attached hydrogen (secondary N) is 1. The molecule has 0 aliphatic heterocycles. The first-order valence-electron chi connectivity index (χ1n) is 5.61. The van der Waals surface area contributed by atoms with Crippen molar-refractivity contribution >= 4 is 28.9 Å². The van der Waals surface area contributed by atoms with Gasteiger partial charge in [-0.15, -0.1) is 0 Å². The molecule has 2 aromatic rings. The zero-order valence-corrected chi connectivity index (χ0v) is 11.1. The third-order valence-electron chi connectivity index (χ3n) is 2.61. The number of nitrogens with two attached hydrogens (primary N) is 1. The van der Waals surface area contributed by atoms with E-state index in [1.165, 1.54) is 7.11 Å². The Balaban J connectivity index is 2.25. The van der Waals surface area contributed by atoms with Gasteiger partial charge in [0.1, 0.15) is 5.75 Å². The van der Waals surface area contributed by atoms with Gasteiger partial charge < -0.3 is 15.8 Å². The molecule has 4 nitrogen and oxygen atoms in total. The molecule has 98 valence electrons. The van der Waals surface area contributed by atoms with E-state index in [1.54, 1.807) is 36.4 Å². The van der Waals surface area contributed by atoms with Crippen molar-refractivity contribution in [3.05, 3.63) is 53.1 Å². The summed E-state index contributed by atoms with van der Waals surface area (Å²) in [5.74, 6) is 0.227. The van der Waals surface area contributed by atoms with Crippen LogP contribution in [-0.4, -0.2) is 13.0 Å². The fourth-order valence-corrected chi connectivity index (χ4v) is 1.86. The molecule has 0 radical (unpaired) electrons. The number of ether oxygens (including phenoxy) is 1. The van der Waals surface area contributed by atoms with Gasteiger partial charge in [-0.05, 0) is 18.2 Å². The number of carbonyl (C=O) groups is 1. The van der Waals surface area contributed by atoms with E-state index >= 15 is 0 Å². The Morgan fingerprint density at radius 1 is 1.26 bits per heavy atom. The van der Waals surface area contributed by atoms with E-state index < -0.39 is 0 Å². The molecule has 0 aliphatic carbocycles. The van der Waals surface area contributed by atoms with Gasteiger partial charge in [0.2, 0.25) is 0 Å². The molecule has 19 heavy (non-hydrogen) atoms. The molecule has 0 bridgehead atoms. The second-order valence-corrected chi connectivity index (χ2v) is 4.30. The van der Waals surface area contributed by atoms with Gasteiger partial charge in [0.05, 0.1) is 23.5 Å². The van der Waals surface area contributed by atoms with Gasteiger partial charge in [-0.25, -0.2) is 0 Å². The normalized spacial score (nSPS) is 10.0. The van der Waals surface area contributed by atoms with Crippen molar-refractivity contribution in [1.82, 2.24) is 0 Å². The van der Waals surface area contributed by atoms with Crippen molar-refractivity contribution in [2.45, 2.75) is 0 Å². The summed E-state index contributed by atoms with van der Waals surface area (Å²) in [5, 5.41) is 3.10. The number of hydrogen-bond donors (Lipinski definition) is 2. The van der Waals surface area contributed by atoms with Gasteiger partial charge in [0.15, 0.2) is 0 Å². The van der Waals surface area contributed by atoms with Crippen molar-refractivity contribution in [2.75, 3.05) is 18.2 Å². The van der Waals surface area contributed by atoms with Crippen molar-refractivity contribution in [3.63, 3.8) is 0 Å². The molecule has 0 fully saturated rings. The minimum Gasteiger partial charge on any atom is -0.495 e. The summed E-state index contributed by atoms with van der Waals surface area (Å²) in [6.07, 6.45) is 0. The van der Waals surface area contributed by atoms with E-state index in [0.717, 1.165) is 0 Å². The highest BCUT2D eigenvalue weighted by atomic mass is 35.5. The molecule has 0 saturated heterocycles. The number of amides is 1. The minimum absolute atomic E-state index is 0.242. The van der Waals surface area contributed by atoms with Gasteiger partial charge in [0.25, 0.3) is 5.91 Å². The number of rotatable bonds is 3. The lowest BCUT2D eigenvalue weighted by Gasteiger charge is -2.11. The van der Waals surface area contributed by atoms with E-state index in [0.29, 0.717) is 27.7 Å². The summed E-state index contributed by atoms with van der Waals surface area (Å²) < 4.78 is 5.05. The number of hydrogen-bond acceptors (Lipinski definition) is 3. The number of benzene rings is 2. The highest BCUT2D eigenvalue weighted by Crippen LogP contribution is 2.32. The molecule has 2 rings (SSSR count). The molecule has 0 aromatic heterocycles. The minimum atomic E-state index is -0.242. The summed E-state index contributed by atoms with van der Waals surface area (Å²) in [4.78, 5) is 12.0. The van der Waals surface area contributed by atoms with Crippen LogP contribution in [0.5, 0.6) is 5.75 Å². The molecular weight excluding hydrogens is 264 g/mol. The zero-order chi connectivity index (χ0) is 13.8. The lowest BCUT2D eigenvalue weighted by molar-refractivity contribution is 0.102. The Kier molecular flexibility index (Phi) is 3.92. The molecule has 0 saturated carbocycles. The third-order valence-corrected chi connectivity index (χ3v) is 2.90. The van der Waals surface area contributed by atoms with Gasteiger partial charge in [-0.3, -0.25) is 4.79 Å². The molecule has 3 N–H and O–H groups in total. The highest BCUT2D eigenvalue weighted by Gasteiger charge is 2.11. The van der Waals surface area contributed by atoms with Crippen LogP contribution in [-0.2, 0) is 0 Å². The number of nitrogen functional groups attached to an aromatic ring is 1. The van der Waals surface area contributed by atoms with E-state index in [-0.39, 0.29) is 5.91 Å². The number of methoxy groups -OCH3 is 1. The molecule has 0 aliphatic rings. The summed E-state index contributed by atoms with van der Waals surface area (Å²) in [6, 6.07) is 12.0. The van der Waals surface area contributed by atoms with Gasteiger partial charge in [-0.2, -0.15) is 0 Å². The topological polar surface area (TPSA) is 64.3 Å². The predicted molar refractivity (Wildman–Crippen MR) is 76.8 cm³/mol. The van der Waals surface area contributed by atoms with Gasteiger partial charge in [0, 0.05) is 11.6 Å². The lowest BCUT2D eigenvalue weighted by atomic mass is 10.2. The zero-order valence-electron chi connectivity index (χ0n) is 10.3.